The van der Waals surface area contributed by atoms with Crippen molar-refractivity contribution in [1.29, 1.82) is 0 Å². The Kier molecular flexibility index (Phi) is 4.04. The number of nitrogens with zero attached hydrogens (tertiary/aromatic N) is 1. The van der Waals surface area contributed by atoms with Crippen LogP contribution < -0.4 is 5.32 Å². The van der Waals surface area contributed by atoms with E-state index in [1.807, 2.05) is 0 Å². The highest BCUT2D eigenvalue weighted by atomic mass is 79.9. The van der Waals surface area contributed by atoms with E-state index in [1.165, 1.54) is 18.3 Å². The molecule has 0 aliphatic carbocycles. The number of nitrogens with one attached hydrogen (secondary N) is 1. The van der Waals surface area contributed by atoms with Crippen molar-refractivity contribution < 1.29 is 8.78 Å². The molecule has 0 spiro atoms. The van der Waals surface area contributed by atoms with Gasteiger partial charge in [-0.05, 0) is 36.9 Å². The van der Waals surface area contributed by atoms with Crippen LogP contribution in [0.5, 0.6) is 0 Å². The first-order valence-electron chi connectivity index (χ1n) is 5.34. The summed E-state index contributed by atoms with van der Waals surface area (Å²) in [6.45, 7) is 0. The highest BCUT2D eigenvalue weighted by molar-refractivity contribution is 9.10. The molecule has 0 radical (unpaired) electrons. The fourth-order valence-electron chi connectivity index (χ4n) is 1.82. The fourth-order valence-corrected chi connectivity index (χ4v) is 2.20. The van der Waals surface area contributed by atoms with Crippen LogP contribution in [-0.2, 0) is 0 Å². The van der Waals surface area contributed by atoms with Crippen molar-refractivity contribution in [2.24, 2.45) is 0 Å². The van der Waals surface area contributed by atoms with Crippen LogP contribution in [0.25, 0.3) is 0 Å². The highest BCUT2D eigenvalue weighted by Gasteiger charge is 2.17. The molecule has 5 heteroatoms. The molecular formula is C13H11BrF2N2. The number of aromatic nitrogens is 1. The Morgan fingerprint density at radius 2 is 2.00 bits per heavy atom. The largest absolute Gasteiger partial charge is 0.309 e. The second kappa shape index (κ2) is 5.54. The molecule has 1 atom stereocenters. The standard InChI is InChI=1S/C13H11BrF2N2/c1-17-13(8-4-10(15)7-18-6-8)11-5-9(14)2-3-12(11)16/h2-7,13,17H,1H3. The predicted octanol–water partition coefficient (Wildman–Crippen LogP) is 3.43. The first-order valence-corrected chi connectivity index (χ1v) is 6.14. The third kappa shape index (κ3) is 2.73. The Morgan fingerprint density at radius 1 is 1.22 bits per heavy atom. The summed E-state index contributed by atoms with van der Waals surface area (Å²) in [5, 5.41) is 2.96. The SMILES string of the molecule is CNC(c1cncc(F)c1)c1cc(Br)ccc1F. The third-order valence-corrected chi connectivity index (χ3v) is 3.11. The molecule has 0 amide bonds. The number of hydrogen-bond donors (Lipinski definition) is 1. The zero-order valence-corrected chi connectivity index (χ0v) is 11.2. The van der Waals surface area contributed by atoms with Crippen molar-refractivity contribution in [1.82, 2.24) is 10.3 Å². The lowest BCUT2D eigenvalue weighted by molar-refractivity contribution is 0.569. The van der Waals surface area contributed by atoms with Crippen molar-refractivity contribution in [3.8, 4) is 0 Å². The average Bonchev–Trinajstić information content (AvgIpc) is 2.35. The topological polar surface area (TPSA) is 24.9 Å². The van der Waals surface area contributed by atoms with E-state index in [0.717, 1.165) is 10.7 Å². The number of hydrogen-bond acceptors (Lipinski definition) is 2. The molecule has 94 valence electrons. The van der Waals surface area contributed by atoms with Crippen molar-refractivity contribution in [2.75, 3.05) is 7.05 Å². The van der Waals surface area contributed by atoms with Gasteiger partial charge in [0, 0.05) is 16.2 Å². The lowest BCUT2D eigenvalue weighted by Gasteiger charge is -2.17. The summed E-state index contributed by atoms with van der Waals surface area (Å²) < 4.78 is 27.8. The van der Waals surface area contributed by atoms with Gasteiger partial charge < -0.3 is 5.32 Å². The molecule has 0 saturated heterocycles. The minimum absolute atomic E-state index is 0.346. The third-order valence-electron chi connectivity index (χ3n) is 2.62. The number of rotatable bonds is 3. The smallest absolute Gasteiger partial charge is 0.141 e. The Bertz CT molecular complexity index is 560. The summed E-state index contributed by atoms with van der Waals surface area (Å²) in [7, 11) is 1.69. The van der Waals surface area contributed by atoms with Gasteiger partial charge in [-0.25, -0.2) is 8.78 Å². The van der Waals surface area contributed by atoms with E-state index in [0.29, 0.717) is 11.1 Å². The zero-order valence-electron chi connectivity index (χ0n) is 9.62. The number of benzene rings is 1. The summed E-state index contributed by atoms with van der Waals surface area (Å²) in [5.74, 6) is -0.787. The van der Waals surface area contributed by atoms with Crippen molar-refractivity contribution in [2.45, 2.75) is 6.04 Å². The molecule has 2 rings (SSSR count). The second-order valence-corrected chi connectivity index (χ2v) is 4.74. The maximum absolute atomic E-state index is 13.8. The molecule has 1 heterocycles. The maximum Gasteiger partial charge on any atom is 0.141 e. The van der Waals surface area contributed by atoms with E-state index in [1.54, 1.807) is 19.2 Å². The van der Waals surface area contributed by atoms with Gasteiger partial charge in [-0.2, -0.15) is 0 Å². The fraction of sp³-hybridized carbons (Fsp3) is 0.154. The molecule has 1 aromatic heterocycles. The van der Waals surface area contributed by atoms with Crippen LogP contribution in [0, 0.1) is 11.6 Å². The summed E-state index contributed by atoms with van der Waals surface area (Å²) in [5.41, 5.74) is 1.02. The Morgan fingerprint density at radius 3 is 2.67 bits per heavy atom. The van der Waals surface area contributed by atoms with Gasteiger partial charge in [0.25, 0.3) is 0 Å². The predicted molar refractivity (Wildman–Crippen MR) is 69.2 cm³/mol. The molecule has 18 heavy (non-hydrogen) atoms. The minimum Gasteiger partial charge on any atom is -0.309 e. The minimum atomic E-state index is -0.442. The summed E-state index contributed by atoms with van der Waals surface area (Å²) in [6, 6.07) is 5.56. The van der Waals surface area contributed by atoms with E-state index >= 15 is 0 Å². The summed E-state index contributed by atoms with van der Waals surface area (Å²) in [6.07, 6.45) is 2.64. The normalized spacial score (nSPS) is 12.4. The highest BCUT2D eigenvalue weighted by Crippen LogP contribution is 2.26. The van der Waals surface area contributed by atoms with Gasteiger partial charge in [-0.3, -0.25) is 4.98 Å². The van der Waals surface area contributed by atoms with E-state index < -0.39 is 11.9 Å². The first kappa shape index (κ1) is 13.1. The molecule has 1 aromatic carbocycles. The average molecular weight is 313 g/mol. The van der Waals surface area contributed by atoms with Crippen LogP contribution >= 0.6 is 15.9 Å². The van der Waals surface area contributed by atoms with Gasteiger partial charge in [0.2, 0.25) is 0 Å². The molecule has 1 unspecified atom stereocenters. The molecule has 0 fully saturated rings. The number of pyridine rings is 1. The molecule has 2 nitrogen and oxygen atoms in total. The molecule has 0 saturated carbocycles. The van der Waals surface area contributed by atoms with Gasteiger partial charge >= 0.3 is 0 Å². The molecule has 2 aromatic rings. The van der Waals surface area contributed by atoms with E-state index in [-0.39, 0.29) is 5.82 Å². The van der Waals surface area contributed by atoms with Crippen molar-refractivity contribution in [3.63, 3.8) is 0 Å². The van der Waals surface area contributed by atoms with Gasteiger partial charge in [0.15, 0.2) is 0 Å². The van der Waals surface area contributed by atoms with Gasteiger partial charge in [-0.15, -0.1) is 0 Å². The van der Waals surface area contributed by atoms with Crippen LogP contribution in [0.1, 0.15) is 17.2 Å². The van der Waals surface area contributed by atoms with E-state index in [4.69, 9.17) is 0 Å². The van der Waals surface area contributed by atoms with Crippen LogP contribution in [-0.4, -0.2) is 12.0 Å². The molecular weight excluding hydrogens is 302 g/mol. The summed E-state index contributed by atoms with van der Waals surface area (Å²) >= 11 is 3.30. The van der Waals surface area contributed by atoms with Gasteiger partial charge in [-0.1, -0.05) is 15.9 Å². The van der Waals surface area contributed by atoms with E-state index in [2.05, 4.69) is 26.2 Å². The van der Waals surface area contributed by atoms with Crippen LogP contribution in [0.2, 0.25) is 0 Å². The number of halogens is 3. The molecule has 0 aliphatic rings. The van der Waals surface area contributed by atoms with Crippen molar-refractivity contribution in [3.05, 3.63) is 63.9 Å². The maximum atomic E-state index is 13.8. The monoisotopic (exact) mass is 312 g/mol. The lowest BCUT2D eigenvalue weighted by atomic mass is 10.00. The Balaban J connectivity index is 2.48. The van der Waals surface area contributed by atoms with Gasteiger partial charge in [0.05, 0.1) is 12.2 Å². The van der Waals surface area contributed by atoms with Crippen LogP contribution in [0.15, 0.2) is 41.1 Å². The summed E-state index contributed by atoms with van der Waals surface area (Å²) in [4.78, 5) is 3.78. The zero-order chi connectivity index (χ0) is 13.1. The van der Waals surface area contributed by atoms with Crippen LogP contribution in [0.4, 0.5) is 8.78 Å². The lowest BCUT2D eigenvalue weighted by Crippen LogP contribution is -2.19. The quantitative estimate of drug-likeness (QED) is 0.939. The molecule has 1 N–H and O–H groups in total. The van der Waals surface area contributed by atoms with Crippen LogP contribution in [0.3, 0.4) is 0 Å². The van der Waals surface area contributed by atoms with Gasteiger partial charge in [0.1, 0.15) is 11.6 Å². The van der Waals surface area contributed by atoms with E-state index in [9.17, 15) is 8.78 Å². The molecule has 0 bridgehead atoms. The molecule has 0 aliphatic heterocycles. The van der Waals surface area contributed by atoms with Crippen molar-refractivity contribution >= 4 is 15.9 Å². The first-order chi connectivity index (χ1) is 8.61. The Labute approximate surface area is 112 Å². The Hall–Kier alpha value is -1.33. The second-order valence-electron chi connectivity index (χ2n) is 3.82.